The van der Waals surface area contributed by atoms with Gasteiger partial charge in [0.25, 0.3) is 0 Å². The molecule has 1 aromatic carbocycles. The summed E-state index contributed by atoms with van der Waals surface area (Å²) >= 11 is 0. The molecule has 2 aromatic rings. The first-order valence-corrected chi connectivity index (χ1v) is 5.43. The minimum atomic E-state index is -0.302. The molecule has 1 aromatic heterocycles. The quantitative estimate of drug-likeness (QED) is 0.741. The molecule has 3 heteroatoms. The number of esters is 1. The molecule has 0 amide bonds. The van der Waals surface area contributed by atoms with Gasteiger partial charge in [0.1, 0.15) is 0 Å². The molecule has 1 heterocycles. The van der Waals surface area contributed by atoms with Crippen LogP contribution in [0.5, 0.6) is 0 Å². The number of benzene rings is 1. The molecule has 0 saturated carbocycles. The van der Waals surface area contributed by atoms with Crippen LogP contribution in [0.4, 0.5) is 0 Å². The third kappa shape index (κ3) is 2.09. The van der Waals surface area contributed by atoms with Crippen LogP contribution in [0.25, 0.3) is 11.1 Å². The second-order valence-electron chi connectivity index (χ2n) is 4.06. The summed E-state index contributed by atoms with van der Waals surface area (Å²) < 4.78 is 6.67. The highest BCUT2D eigenvalue weighted by molar-refractivity contribution is 5.97. The predicted molar refractivity (Wildman–Crippen MR) is 66.9 cm³/mol. The molecule has 0 aliphatic heterocycles. The Balaban J connectivity index is 2.60. The number of rotatable bonds is 2. The molecule has 0 aliphatic carbocycles. The second-order valence-corrected chi connectivity index (χ2v) is 4.06. The molecular formula is C14H15NO2. The maximum Gasteiger partial charge on any atom is 0.340 e. The summed E-state index contributed by atoms with van der Waals surface area (Å²) in [7, 11) is 3.30. The standard InChI is InChI=1S/C14H15NO2/c1-10-6-4-5-7-11(10)12-8-15(2)9-13(12)14(16)17-3/h4-9H,1-3H3. The first-order chi connectivity index (χ1) is 8.13. The van der Waals surface area contributed by atoms with Gasteiger partial charge < -0.3 is 9.30 Å². The van der Waals surface area contributed by atoms with Gasteiger partial charge in [0.15, 0.2) is 0 Å². The van der Waals surface area contributed by atoms with E-state index in [9.17, 15) is 4.79 Å². The summed E-state index contributed by atoms with van der Waals surface area (Å²) in [4.78, 5) is 11.7. The van der Waals surface area contributed by atoms with E-state index in [1.807, 2.05) is 49.0 Å². The van der Waals surface area contributed by atoms with Crippen molar-refractivity contribution in [2.24, 2.45) is 7.05 Å². The minimum Gasteiger partial charge on any atom is -0.465 e. The van der Waals surface area contributed by atoms with E-state index in [4.69, 9.17) is 4.74 Å². The fourth-order valence-corrected chi connectivity index (χ4v) is 1.95. The molecule has 0 unspecified atom stereocenters. The van der Waals surface area contributed by atoms with Crippen LogP contribution in [-0.2, 0) is 11.8 Å². The summed E-state index contributed by atoms with van der Waals surface area (Å²) in [6, 6.07) is 8.00. The molecule has 0 atom stereocenters. The van der Waals surface area contributed by atoms with E-state index in [-0.39, 0.29) is 5.97 Å². The number of carbonyl (C=O) groups is 1. The molecule has 0 spiro atoms. The fourth-order valence-electron chi connectivity index (χ4n) is 1.95. The monoisotopic (exact) mass is 229 g/mol. The average molecular weight is 229 g/mol. The normalized spacial score (nSPS) is 10.3. The zero-order valence-electron chi connectivity index (χ0n) is 10.2. The summed E-state index contributed by atoms with van der Waals surface area (Å²) in [5.74, 6) is -0.302. The Morgan fingerprint density at radius 1 is 1.18 bits per heavy atom. The lowest BCUT2D eigenvalue weighted by Gasteiger charge is -2.05. The Hall–Kier alpha value is -2.03. The number of methoxy groups -OCH3 is 1. The van der Waals surface area contributed by atoms with Crippen molar-refractivity contribution in [1.29, 1.82) is 0 Å². The van der Waals surface area contributed by atoms with Gasteiger partial charge in [-0.1, -0.05) is 24.3 Å². The molecule has 2 rings (SSSR count). The van der Waals surface area contributed by atoms with Gasteiger partial charge in [0.05, 0.1) is 12.7 Å². The molecule has 88 valence electrons. The van der Waals surface area contributed by atoms with Crippen LogP contribution in [0.15, 0.2) is 36.7 Å². The molecule has 0 aliphatic rings. The van der Waals surface area contributed by atoms with E-state index in [1.54, 1.807) is 6.20 Å². The number of nitrogens with zero attached hydrogens (tertiary/aromatic N) is 1. The van der Waals surface area contributed by atoms with E-state index >= 15 is 0 Å². The first-order valence-electron chi connectivity index (χ1n) is 5.43. The van der Waals surface area contributed by atoms with Crippen LogP contribution in [0.3, 0.4) is 0 Å². The predicted octanol–water partition coefficient (Wildman–Crippen LogP) is 2.79. The number of aromatic nitrogens is 1. The van der Waals surface area contributed by atoms with Crippen LogP contribution in [0, 0.1) is 6.92 Å². The van der Waals surface area contributed by atoms with Crippen LogP contribution < -0.4 is 0 Å². The smallest absolute Gasteiger partial charge is 0.340 e. The van der Waals surface area contributed by atoms with Crippen molar-refractivity contribution < 1.29 is 9.53 Å². The van der Waals surface area contributed by atoms with Crippen molar-refractivity contribution in [3.63, 3.8) is 0 Å². The van der Waals surface area contributed by atoms with Crippen LogP contribution in [0.1, 0.15) is 15.9 Å². The fraction of sp³-hybridized carbons (Fsp3) is 0.214. The third-order valence-corrected chi connectivity index (χ3v) is 2.80. The van der Waals surface area contributed by atoms with Gasteiger partial charge >= 0.3 is 5.97 Å². The molecular weight excluding hydrogens is 214 g/mol. The largest absolute Gasteiger partial charge is 0.465 e. The van der Waals surface area contributed by atoms with Crippen molar-refractivity contribution >= 4 is 5.97 Å². The molecule has 0 fully saturated rings. The van der Waals surface area contributed by atoms with Gasteiger partial charge in [0.2, 0.25) is 0 Å². The maximum atomic E-state index is 11.7. The Morgan fingerprint density at radius 3 is 2.53 bits per heavy atom. The number of carbonyl (C=O) groups excluding carboxylic acids is 1. The highest BCUT2D eigenvalue weighted by Crippen LogP contribution is 2.27. The lowest BCUT2D eigenvalue weighted by molar-refractivity contribution is 0.0601. The van der Waals surface area contributed by atoms with E-state index in [1.165, 1.54) is 7.11 Å². The van der Waals surface area contributed by atoms with E-state index in [0.717, 1.165) is 16.7 Å². The van der Waals surface area contributed by atoms with Gasteiger partial charge in [-0.3, -0.25) is 0 Å². The van der Waals surface area contributed by atoms with Gasteiger partial charge in [-0.2, -0.15) is 0 Å². The molecule has 17 heavy (non-hydrogen) atoms. The lowest BCUT2D eigenvalue weighted by Crippen LogP contribution is -2.01. The first kappa shape index (κ1) is 11.5. The topological polar surface area (TPSA) is 31.2 Å². The third-order valence-electron chi connectivity index (χ3n) is 2.80. The Morgan fingerprint density at radius 2 is 1.88 bits per heavy atom. The SMILES string of the molecule is COC(=O)c1cn(C)cc1-c1ccccc1C. The van der Waals surface area contributed by atoms with Gasteiger partial charge in [-0.15, -0.1) is 0 Å². The van der Waals surface area contributed by atoms with Crippen LogP contribution >= 0.6 is 0 Å². The van der Waals surface area contributed by atoms with Crippen molar-refractivity contribution in [2.45, 2.75) is 6.92 Å². The van der Waals surface area contributed by atoms with Crippen LogP contribution in [-0.4, -0.2) is 17.6 Å². The molecule has 0 bridgehead atoms. The summed E-state index contributed by atoms with van der Waals surface area (Å²) in [5, 5.41) is 0. The maximum absolute atomic E-state index is 11.7. The number of hydrogen-bond acceptors (Lipinski definition) is 2. The highest BCUT2D eigenvalue weighted by Gasteiger charge is 2.16. The van der Waals surface area contributed by atoms with Crippen molar-refractivity contribution in [2.75, 3.05) is 7.11 Å². The van der Waals surface area contributed by atoms with E-state index < -0.39 is 0 Å². The number of hydrogen-bond donors (Lipinski definition) is 0. The average Bonchev–Trinajstić information content (AvgIpc) is 2.71. The Bertz CT molecular complexity index is 555. The Labute approximate surface area is 101 Å². The molecule has 0 radical (unpaired) electrons. The molecule has 0 saturated heterocycles. The van der Waals surface area contributed by atoms with Gasteiger partial charge in [-0.05, 0) is 18.1 Å². The van der Waals surface area contributed by atoms with Crippen molar-refractivity contribution in [3.8, 4) is 11.1 Å². The van der Waals surface area contributed by atoms with Crippen LogP contribution in [0.2, 0.25) is 0 Å². The molecule has 3 nitrogen and oxygen atoms in total. The van der Waals surface area contributed by atoms with E-state index in [2.05, 4.69) is 0 Å². The Kier molecular flexibility index (Phi) is 3.00. The second kappa shape index (κ2) is 4.45. The summed E-state index contributed by atoms with van der Waals surface area (Å²) in [5.41, 5.74) is 3.72. The van der Waals surface area contributed by atoms with Crippen molar-refractivity contribution in [1.82, 2.24) is 4.57 Å². The zero-order valence-corrected chi connectivity index (χ0v) is 10.2. The minimum absolute atomic E-state index is 0.302. The van der Waals surface area contributed by atoms with Gasteiger partial charge in [-0.25, -0.2) is 4.79 Å². The number of aryl methyl sites for hydroxylation is 2. The highest BCUT2D eigenvalue weighted by atomic mass is 16.5. The molecule has 0 N–H and O–H groups in total. The van der Waals surface area contributed by atoms with Crippen molar-refractivity contribution in [3.05, 3.63) is 47.8 Å². The summed E-state index contributed by atoms with van der Waals surface area (Å²) in [6.07, 6.45) is 3.72. The van der Waals surface area contributed by atoms with E-state index in [0.29, 0.717) is 5.56 Å². The summed E-state index contributed by atoms with van der Waals surface area (Å²) in [6.45, 7) is 2.03. The number of ether oxygens (including phenoxy) is 1. The van der Waals surface area contributed by atoms with Gasteiger partial charge in [0, 0.05) is 25.0 Å². The lowest BCUT2D eigenvalue weighted by atomic mass is 10.00. The zero-order chi connectivity index (χ0) is 12.4.